The molecule has 0 saturated heterocycles. The first kappa shape index (κ1) is 65.5. The molecule has 2 amide bonds. The number of nitrogens with zero attached hydrogens (tertiary/aromatic N) is 3. The standard InChI is InChI=1S/C48H91N5O16/c1-43(2)45(54)66-36-15-49-47(56)68-34-13-32-64-41-24-52(22-39-62-30-11-27-59-6)19-8-17-51(21-38-61-29-10-26-58-5)18-9-20-53(23-40-63-31-12-28-60-7)25-42-65-33-14-35-69-48(57)50-16-37-67-46(55)44(3)4/h1,3,8-42H2,2,4-7H3,(H,49,56)(H,50,57). The molecule has 0 aliphatic heterocycles. The van der Waals surface area contributed by atoms with Crippen molar-refractivity contribution in [3.05, 3.63) is 24.3 Å². The van der Waals surface area contributed by atoms with E-state index in [-0.39, 0.29) is 39.5 Å². The van der Waals surface area contributed by atoms with Gasteiger partial charge in [0.2, 0.25) is 0 Å². The first-order valence-electron chi connectivity index (χ1n) is 24.5. The Bertz CT molecular complexity index is 1200. The quantitative estimate of drug-likeness (QED) is 0.0387. The maximum absolute atomic E-state index is 11.9. The third-order valence-corrected chi connectivity index (χ3v) is 9.81. The van der Waals surface area contributed by atoms with Crippen LogP contribution in [0, 0.1) is 0 Å². The van der Waals surface area contributed by atoms with Gasteiger partial charge in [0.1, 0.15) is 13.2 Å². The predicted molar refractivity (Wildman–Crippen MR) is 262 cm³/mol. The maximum atomic E-state index is 11.9. The lowest BCUT2D eigenvalue weighted by Gasteiger charge is -2.27. The van der Waals surface area contributed by atoms with Gasteiger partial charge in [-0.2, -0.15) is 0 Å². The van der Waals surface area contributed by atoms with Gasteiger partial charge in [-0.05, 0) is 72.1 Å². The highest BCUT2D eigenvalue weighted by Crippen LogP contribution is 2.03. The van der Waals surface area contributed by atoms with Crippen LogP contribution in [-0.4, -0.2) is 244 Å². The van der Waals surface area contributed by atoms with Crippen molar-refractivity contribution in [2.75, 3.05) is 206 Å². The van der Waals surface area contributed by atoms with Crippen LogP contribution in [0.4, 0.5) is 9.59 Å². The first-order chi connectivity index (χ1) is 33.5. The highest BCUT2D eigenvalue weighted by Gasteiger charge is 2.13. The van der Waals surface area contributed by atoms with Crippen LogP contribution in [0.25, 0.3) is 0 Å². The number of hydrogen-bond acceptors (Lipinski definition) is 19. The molecule has 69 heavy (non-hydrogen) atoms. The molecule has 0 rings (SSSR count). The summed E-state index contributed by atoms with van der Waals surface area (Å²) in [6.45, 7) is 26.0. The maximum Gasteiger partial charge on any atom is 0.407 e. The summed E-state index contributed by atoms with van der Waals surface area (Å²) in [6.07, 6.45) is 4.38. The molecule has 0 unspecified atom stereocenters. The molecule has 0 aliphatic rings. The van der Waals surface area contributed by atoms with E-state index in [1.165, 1.54) is 0 Å². The van der Waals surface area contributed by atoms with Crippen molar-refractivity contribution in [3.8, 4) is 0 Å². The molecule has 0 aliphatic carbocycles. The number of ether oxygens (including phenoxy) is 12. The molecule has 2 N–H and O–H groups in total. The monoisotopic (exact) mass is 994 g/mol. The summed E-state index contributed by atoms with van der Waals surface area (Å²) >= 11 is 0. The Morgan fingerprint density at radius 2 is 0.623 bits per heavy atom. The summed E-state index contributed by atoms with van der Waals surface area (Å²) in [6, 6.07) is 0. The SMILES string of the molecule is C=C(C)C(=O)OCCNC(=O)OCCCOCCN(CCCN(CCCN(CCOCCCOC)CCOCCCOC(=O)NCCOC(=O)C(=C)C)CCOCCCOC)CCOCCCOC. The smallest absolute Gasteiger partial charge is 0.407 e. The van der Waals surface area contributed by atoms with Crippen LogP contribution in [0.3, 0.4) is 0 Å². The van der Waals surface area contributed by atoms with E-state index < -0.39 is 24.1 Å². The van der Waals surface area contributed by atoms with Crippen LogP contribution >= 0.6 is 0 Å². The van der Waals surface area contributed by atoms with Gasteiger partial charge in [0, 0.05) is 131 Å². The van der Waals surface area contributed by atoms with Crippen molar-refractivity contribution < 1.29 is 76.0 Å². The second kappa shape index (κ2) is 49.5. The Balaban J connectivity index is 5.08. The van der Waals surface area contributed by atoms with E-state index >= 15 is 0 Å². The van der Waals surface area contributed by atoms with Crippen molar-refractivity contribution in [1.29, 1.82) is 0 Å². The van der Waals surface area contributed by atoms with Gasteiger partial charge < -0.3 is 72.4 Å². The third kappa shape index (κ3) is 45.4. The lowest BCUT2D eigenvalue weighted by atomic mass is 10.3. The zero-order valence-corrected chi connectivity index (χ0v) is 43.0. The van der Waals surface area contributed by atoms with Gasteiger partial charge in [0.05, 0.1) is 59.3 Å². The minimum absolute atomic E-state index is 0.0383. The molecule has 0 spiro atoms. The second-order valence-corrected chi connectivity index (χ2v) is 16.0. The molecule has 21 nitrogen and oxygen atoms in total. The normalized spacial score (nSPS) is 11.3. The zero-order chi connectivity index (χ0) is 50.8. The molecular formula is C48H91N5O16. The van der Waals surface area contributed by atoms with Crippen molar-refractivity contribution in [2.24, 2.45) is 0 Å². The first-order valence-corrected chi connectivity index (χ1v) is 24.5. The lowest BCUT2D eigenvalue weighted by Crippen LogP contribution is -2.37. The van der Waals surface area contributed by atoms with Crippen molar-refractivity contribution >= 4 is 24.1 Å². The van der Waals surface area contributed by atoms with Gasteiger partial charge in [-0.15, -0.1) is 0 Å². The van der Waals surface area contributed by atoms with Gasteiger partial charge in [-0.3, -0.25) is 9.80 Å². The summed E-state index contributed by atoms with van der Waals surface area (Å²) < 4.78 is 65.4. The van der Waals surface area contributed by atoms with Gasteiger partial charge in [-0.1, -0.05) is 13.2 Å². The number of methoxy groups -OCH3 is 3. The molecule has 0 atom stereocenters. The molecule has 0 aromatic heterocycles. The minimum Gasteiger partial charge on any atom is -0.460 e. The number of rotatable bonds is 51. The van der Waals surface area contributed by atoms with Crippen molar-refractivity contribution in [1.82, 2.24) is 25.3 Å². The van der Waals surface area contributed by atoms with Crippen LogP contribution in [-0.2, 0) is 66.4 Å². The van der Waals surface area contributed by atoms with Crippen LogP contribution in [0.2, 0.25) is 0 Å². The molecule has 0 bridgehead atoms. The van der Waals surface area contributed by atoms with Crippen LogP contribution in [0.1, 0.15) is 58.8 Å². The molecule has 21 heteroatoms. The number of carbonyl (C=O) groups is 4. The van der Waals surface area contributed by atoms with E-state index in [1.807, 2.05) is 0 Å². The molecule has 0 fully saturated rings. The Morgan fingerprint density at radius 1 is 0.348 bits per heavy atom. The zero-order valence-electron chi connectivity index (χ0n) is 43.0. The molecular weight excluding hydrogens is 903 g/mol. The fourth-order valence-electron chi connectivity index (χ4n) is 6.03. The molecule has 0 saturated carbocycles. The van der Waals surface area contributed by atoms with Gasteiger partial charge >= 0.3 is 24.1 Å². The molecule has 0 aromatic rings. The van der Waals surface area contributed by atoms with Crippen LogP contribution in [0.15, 0.2) is 24.3 Å². The average Bonchev–Trinajstić information content (AvgIpc) is 3.33. The number of amides is 2. The summed E-state index contributed by atoms with van der Waals surface area (Å²) in [5, 5.41) is 5.10. The molecule has 0 radical (unpaired) electrons. The average molecular weight is 994 g/mol. The van der Waals surface area contributed by atoms with E-state index in [1.54, 1.807) is 35.2 Å². The van der Waals surface area contributed by atoms with Crippen molar-refractivity contribution in [2.45, 2.75) is 58.8 Å². The Hall–Kier alpha value is -3.48. The van der Waals surface area contributed by atoms with Crippen LogP contribution < -0.4 is 10.6 Å². The van der Waals surface area contributed by atoms with Crippen molar-refractivity contribution in [3.63, 3.8) is 0 Å². The highest BCUT2D eigenvalue weighted by atomic mass is 16.6. The Labute approximate surface area is 413 Å². The van der Waals surface area contributed by atoms with E-state index in [9.17, 15) is 19.2 Å². The fourth-order valence-corrected chi connectivity index (χ4v) is 6.03. The fraction of sp³-hybridized carbons (Fsp3) is 0.833. The van der Waals surface area contributed by atoms with Gasteiger partial charge in [0.15, 0.2) is 0 Å². The van der Waals surface area contributed by atoms with Crippen LogP contribution in [0.5, 0.6) is 0 Å². The Morgan fingerprint density at radius 3 is 0.899 bits per heavy atom. The van der Waals surface area contributed by atoms with Gasteiger partial charge in [0.25, 0.3) is 0 Å². The number of nitrogens with one attached hydrogen (secondary N) is 2. The number of esters is 2. The molecule has 0 heterocycles. The summed E-state index contributed by atoms with van der Waals surface area (Å²) in [5.41, 5.74) is 0.594. The molecule has 0 aromatic carbocycles. The minimum atomic E-state index is -0.578. The number of hydrogen-bond donors (Lipinski definition) is 2. The second-order valence-electron chi connectivity index (χ2n) is 16.0. The van der Waals surface area contributed by atoms with E-state index in [4.69, 9.17) is 56.8 Å². The largest absolute Gasteiger partial charge is 0.460 e. The van der Waals surface area contributed by atoms with E-state index in [0.29, 0.717) is 110 Å². The lowest BCUT2D eigenvalue weighted by molar-refractivity contribution is -0.139. The number of carbonyl (C=O) groups excluding carboxylic acids is 4. The summed E-state index contributed by atoms with van der Waals surface area (Å²) in [4.78, 5) is 54.0. The molecule has 404 valence electrons. The number of alkyl carbamates (subject to hydrolysis) is 2. The summed E-state index contributed by atoms with van der Waals surface area (Å²) in [5.74, 6) is -1.01. The van der Waals surface area contributed by atoms with E-state index in [2.05, 4.69) is 38.5 Å². The highest BCUT2D eigenvalue weighted by molar-refractivity contribution is 5.87. The summed E-state index contributed by atoms with van der Waals surface area (Å²) in [7, 11) is 5.07. The topological polar surface area (TPSA) is 213 Å². The van der Waals surface area contributed by atoms with Gasteiger partial charge in [-0.25, -0.2) is 19.2 Å². The third-order valence-electron chi connectivity index (χ3n) is 9.81. The predicted octanol–water partition coefficient (Wildman–Crippen LogP) is 3.34. The van der Waals surface area contributed by atoms with E-state index in [0.717, 1.165) is 91.0 Å². The Kier molecular flexibility index (Phi) is 47.0.